The van der Waals surface area contributed by atoms with Gasteiger partial charge in [-0.3, -0.25) is 4.57 Å². The minimum absolute atomic E-state index is 0.182. The number of rotatable bonds is 8. The molecule has 0 spiro atoms. The fourth-order valence-corrected chi connectivity index (χ4v) is 4.05. The van der Waals surface area contributed by atoms with E-state index < -0.39 is 0 Å². The summed E-state index contributed by atoms with van der Waals surface area (Å²) in [6.07, 6.45) is 0. The lowest BCUT2D eigenvalue weighted by Crippen LogP contribution is -2.38. The molecule has 164 valence electrons. The van der Waals surface area contributed by atoms with Gasteiger partial charge >= 0.3 is 0 Å². The second kappa shape index (κ2) is 9.92. The van der Waals surface area contributed by atoms with Crippen LogP contribution in [0, 0.1) is 5.92 Å². The number of morpholine rings is 1. The molecule has 0 saturated carbocycles. The van der Waals surface area contributed by atoms with Crippen molar-refractivity contribution >= 4 is 35.3 Å². The van der Waals surface area contributed by atoms with E-state index in [-0.39, 0.29) is 5.95 Å². The van der Waals surface area contributed by atoms with Crippen LogP contribution in [-0.2, 0) is 17.0 Å². The normalized spacial score (nSPS) is 14.2. The van der Waals surface area contributed by atoms with E-state index in [0.29, 0.717) is 36.7 Å². The quantitative estimate of drug-likeness (QED) is 0.505. The Morgan fingerprint density at radius 2 is 1.87 bits per heavy atom. The largest absolute Gasteiger partial charge is 0.378 e. The van der Waals surface area contributed by atoms with Gasteiger partial charge in [0.2, 0.25) is 17.8 Å². The molecule has 0 atom stereocenters. The summed E-state index contributed by atoms with van der Waals surface area (Å²) in [4.78, 5) is 15.2. The van der Waals surface area contributed by atoms with Crippen molar-refractivity contribution in [3.8, 4) is 0 Å². The molecule has 0 amide bonds. The van der Waals surface area contributed by atoms with E-state index >= 15 is 0 Å². The average molecular weight is 442 g/mol. The van der Waals surface area contributed by atoms with Crippen LogP contribution in [0.5, 0.6) is 0 Å². The number of nitrogens with zero attached hydrogens (tertiary/aromatic N) is 7. The van der Waals surface area contributed by atoms with Crippen molar-refractivity contribution in [2.75, 3.05) is 42.3 Å². The number of ether oxygens (including phenoxy) is 1. The minimum atomic E-state index is 0.182. The first kappa shape index (κ1) is 21.3. The summed E-state index contributed by atoms with van der Waals surface area (Å²) in [5, 5.41) is 12.9. The number of hydrogen-bond acceptors (Lipinski definition) is 10. The summed E-state index contributed by atoms with van der Waals surface area (Å²) >= 11 is 1.55. The maximum absolute atomic E-state index is 5.92. The Bertz CT molecular complexity index is 990. The number of nitrogen functional groups attached to an aromatic ring is 1. The molecule has 1 aliphatic heterocycles. The van der Waals surface area contributed by atoms with Gasteiger partial charge < -0.3 is 20.7 Å². The van der Waals surface area contributed by atoms with Crippen LogP contribution in [0.25, 0.3) is 0 Å². The molecule has 1 aliphatic rings. The smallest absolute Gasteiger partial charge is 0.232 e. The van der Waals surface area contributed by atoms with E-state index in [1.54, 1.807) is 11.8 Å². The Morgan fingerprint density at radius 3 is 2.61 bits per heavy atom. The Kier molecular flexibility index (Phi) is 6.82. The third kappa shape index (κ3) is 5.61. The van der Waals surface area contributed by atoms with Gasteiger partial charge in [-0.25, -0.2) is 0 Å². The number of nitrogens with two attached hydrogens (primary N) is 1. The molecule has 1 fully saturated rings. The Labute approximate surface area is 185 Å². The van der Waals surface area contributed by atoms with Gasteiger partial charge in [0.1, 0.15) is 5.82 Å². The van der Waals surface area contributed by atoms with Crippen molar-refractivity contribution in [1.82, 2.24) is 29.7 Å². The highest BCUT2D eigenvalue weighted by Crippen LogP contribution is 2.26. The number of thioether (sulfide) groups is 1. The molecule has 1 aromatic carbocycles. The van der Waals surface area contributed by atoms with Crippen LogP contribution in [0.3, 0.4) is 0 Å². The summed E-state index contributed by atoms with van der Waals surface area (Å²) in [6, 6.07) is 9.72. The Balaban J connectivity index is 1.50. The zero-order valence-electron chi connectivity index (χ0n) is 17.7. The third-order valence-corrected chi connectivity index (χ3v) is 5.56. The Morgan fingerprint density at radius 1 is 1.10 bits per heavy atom. The average Bonchev–Trinajstić information content (AvgIpc) is 3.15. The number of para-hydroxylation sites is 1. The van der Waals surface area contributed by atoms with Crippen LogP contribution in [-0.4, -0.2) is 56.0 Å². The summed E-state index contributed by atoms with van der Waals surface area (Å²) in [7, 11) is 0. The first-order valence-electron chi connectivity index (χ1n) is 10.3. The van der Waals surface area contributed by atoms with Crippen molar-refractivity contribution in [2.24, 2.45) is 5.92 Å². The van der Waals surface area contributed by atoms with Gasteiger partial charge in [0.05, 0.1) is 19.0 Å². The summed E-state index contributed by atoms with van der Waals surface area (Å²) in [5.74, 6) is 3.05. The predicted octanol–water partition coefficient (Wildman–Crippen LogP) is 2.57. The molecule has 1 saturated heterocycles. The van der Waals surface area contributed by atoms with E-state index in [1.807, 2.05) is 30.3 Å². The summed E-state index contributed by atoms with van der Waals surface area (Å²) in [5.41, 5.74) is 6.80. The highest BCUT2D eigenvalue weighted by Gasteiger charge is 2.21. The number of aromatic nitrogens is 6. The highest BCUT2D eigenvalue weighted by atomic mass is 32.2. The van der Waals surface area contributed by atoms with E-state index in [1.165, 1.54) is 0 Å². The van der Waals surface area contributed by atoms with Crippen molar-refractivity contribution in [3.63, 3.8) is 0 Å². The molecule has 4 rings (SSSR count). The summed E-state index contributed by atoms with van der Waals surface area (Å²) in [6.45, 7) is 8.26. The van der Waals surface area contributed by atoms with Gasteiger partial charge in [-0.2, -0.15) is 15.0 Å². The van der Waals surface area contributed by atoms with Crippen LogP contribution in [0.4, 0.5) is 23.5 Å². The standard InChI is InChI=1S/C20H27N9OS/c1-14(2)12-29-19(28-8-10-30-11-9-28)26-27-20(29)31-13-16-23-17(21)25-18(24-16)22-15-6-4-3-5-7-15/h3-7,14H,8-13H2,1-2H3,(H3,21,22,23,24,25). The topological polar surface area (TPSA) is 120 Å². The first-order chi connectivity index (χ1) is 15.1. The van der Waals surface area contributed by atoms with Gasteiger partial charge in [0, 0.05) is 25.3 Å². The zero-order valence-corrected chi connectivity index (χ0v) is 18.5. The second-order valence-corrected chi connectivity index (χ2v) is 8.54. The fraction of sp³-hybridized carbons (Fsp3) is 0.450. The second-order valence-electron chi connectivity index (χ2n) is 7.60. The van der Waals surface area contributed by atoms with E-state index in [9.17, 15) is 0 Å². The highest BCUT2D eigenvalue weighted by molar-refractivity contribution is 7.98. The van der Waals surface area contributed by atoms with Crippen LogP contribution in [0.1, 0.15) is 19.7 Å². The van der Waals surface area contributed by atoms with Gasteiger partial charge in [0.15, 0.2) is 5.16 Å². The van der Waals surface area contributed by atoms with Crippen molar-refractivity contribution in [1.29, 1.82) is 0 Å². The minimum Gasteiger partial charge on any atom is -0.378 e. The molecule has 10 nitrogen and oxygen atoms in total. The van der Waals surface area contributed by atoms with Crippen molar-refractivity contribution in [3.05, 3.63) is 36.2 Å². The molecule has 0 bridgehead atoms. The lowest BCUT2D eigenvalue weighted by molar-refractivity contribution is 0.121. The first-order valence-corrected chi connectivity index (χ1v) is 11.3. The molecule has 3 N–H and O–H groups in total. The number of benzene rings is 1. The molecule has 0 aliphatic carbocycles. The van der Waals surface area contributed by atoms with E-state index in [4.69, 9.17) is 10.5 Å². The lowest BCUT2D eigenvalue weighted by Gasteiger charge is -2.28. The van der Waals surface area contributed by atoms with Crippen molar-refractivity contribution in [2.45, 2.75) is 31.3 Å². The fourth-order valence-electron chi connectivity index (χ4n) is 3.25. The van der Waals surface area contributed by atoms with Crippen LogP contribution in [0.2, 0.25) is 0 Å². The van der Waals surface area contributed by atoms with E-state index in [0.717, 1.165) is 36.4 Å². The SMILES string of the molecule is CC(C)Cn1c(SCc2nc(N)nc(Nc3ccccc3)n2)nnc1N1CCOCC1. The van der Waals surface area contributed by atoms with Gasteiger partial charge in [0.25, 0.3) is 0 Å². The monoisotopic (exact) mass is 441 g/mol. The van der Waals surface area contributed by atoms with Gasteiger partial charge in [-0.15, -0.1) is 10.2 Å². The van der Waals surface area contributed by atoms with Gasteiger partial charge in [-0.05, 0) is 18.1 Å². The van der Waals surface area contributed by atoms with Crippen LogP contribution < -0.4 is 16.0 Å². The molecule has 0 unspecified atom stereocenters. The maximum Gasteiger partial charge on any atom is 0.232 e. The maximum atomic E-state index is 5.92. The molecule has 0 radical (unpaired) electrons. The van der Waals surface area contributed by atoms with Crippen molar-refractivity contribution < 1.29 is 4.74 Å². The third-order valence-electron chi connectivity index (χ3n) is 4.60. The zero-order chi connectivity index (χ0) is 21.6. The number of nitrogens with one attached hydrogen (secondary N) is 1. The van der Waals surface area contributed by atoms with Crippen LogP contribution in [0.15, 0.2) is 35.5 Å². The molecule has 11 heteroatoms. The molecular formula is C20H27N9OS. The molecule has 2 aromatic heterocycles. The number of anilines is 4. The molecule has 31 heavy (non-hydrogen) atoms. The lowest BCUT2D eigenvalue weighted by atomic mass is 10.2. The van der Waals surface area contributed by atoms with E-state index in [2.05, 4.69) is 53.8 Å². The summed E-state index contributed by atoms with van der Waals surface area (Å²) < 4.78 is 7.65. The molecule has 3 aromatic rings. The predicted molar refractivity (Wildman–Crippen MR) is 121 cm³/mol. The van der Waals surface area contributed by atoms with Crippen LogP contribution >= 0.6 is 11.8 Å². The molecular weight excluding hydrogens is 414 g/mol. The molecule has 3 heterocycles. The Hall–Kier alpha value is -2.92. The van der Waals surface area contributed by atoms with Gasteiger partial charge in [-0.1, -0.05) is 43.8 Å². The number of hydrogen-bond donors (Lipinski definition) is 2.